The predicted octanol–water partition coefficient (Wildman–Crippen LogP) is 4.58. The lowest BCUT2D eigenvalue weighted by Gasteiger charge is -2.16. The summed E-state index contributed by atoms with van der Waals surface area (Å²) >= 11 is 0. The van der Waals surface area contributed by atoms with Crippen LogP contribution in [0.3, 0.4) is 0 Å². The van der Waals surface area contributed by atoms with Crippen LogP contribution >= 0.6 is 0 Å². The van der Waals surface area contributed by atoms with Gasteiger partial charge in [-0.25, -0.2) is 4.79 Å². The lowest BCUT2D eigenvalue weighted by Crippen LogP contribution is -2.15. The molecule has 1 aliphatic carbocycles. The van der Waals surface area contributed by atoms with Gasteiger partial charge in [0.05, 0.1) is 18.3 Å². The number of carbonyl (C=O) groups is 2. The lowest BCUT2D eigenvalue weighted by molar-refractivity contribution is -0.121. The maximum Gasteiger partial charge on any atom is 0.335 e. The van der Waals surface area contributed by atoms with E-state index in [2.05, 4.69) is 0 Å². The molecule has 4 nitrogen and oxygen atoms in total. The minimum absolute atomic E-state index is 0.0736. The minimum atomic E-state index is -0.949. The van der Waals surface area contributed by atoms with E-state index in [1.54, 1.807) is 30.3 Å². The standard InChI is InChI=1S/C26H29FO4/c27-15-14-19-2-1-3-20(16-19)17-23(28)11-9-21-10-13-25(29)24(21)12-6-18-4-7-22(8-5-18)26(30)31/h1-5,7-9,11,16,21,23-24,28H,6,10,12-15,17H2,(H,30,31)/b11-9+/t21?,23-,24-/m1/s1. The van der Waals surface area contributed by atoms with Crippen molar-refractivity contribution in [1.82, 2.24) is 0 Å². The van der Waals surface area contributed by atoms with E-state index in [4.69, 9.17) is 5.11 Å². The number of benzene rings is 2. The van der Waals surface area contributed by atoms with E-state index < -0.39 is 18.7 Å². The number of rotatable bonds is 10. The molecule has 1 saturated carbocycles. The first kappa shape index (κ1) is 22.9. The third-order valence-corrected chi connectivity index (χ3v) is 6.00. The summed E-state index contributed by atoms with van der Waals surface area (Å²) in [4.78, 5) is 23.3. The molecule has 31 heavy (non-hydrogen) atoms. The zero-order chi connectivity index (χ0) is 22.2. The molecule has 3 rings (SSSR count). The van der Waals surface area contributed by atoms with Crippen molar-refractivity contribution >= 4 is 11.8 Å². The molecule has 5 heteroatoms. The molecular weight excluding hydrogens is 395 g/mol. The van der Waals surface area contributed by atoms with Crippen LogP contribution in [0.5, 0.6) is 0 Å². The molecule has 0 amide bonds. The lowest BCUT2D eigenvalue weighted by atomic mass is 9.88. The smallest absolute Gasteiger partial charge is 0.335 e. The Bertz CT molecular complexity index is 919. The molecular formula is C26H29FO4. The van der Waals surface area contributed by atoms with E-state index in [0.29, 0.717) is 32.1 Å². The monoisotopic (exact) mass is 424 g/mol. The van der Waals surface area contributed by atoms with Gasteiger partial charge in [-0.15, -0.1) is 0 Å². The van der Waals surface area contributed by atoms with Gasteiger partial charge < -0.3 is 10.2 Å². The minimum Gasteiger partial charge on any atom is -0.478 e. The van der Waals surface area contributed by atoms with Crippen molar-refractivity contribution in [1.29, 1.82) is 0 Å². The Balaban J connectivity index is 1.55. The first-order chi connectivity index (χ1) is 15.0. The fourth-order valence-electron chi connectivity index (χ4n) is 4.28. The van der Waals surface area contributed by atoms with Crippen LogP contribution in [-0.4, -0.2) is 34.7 Å². The van der Waals surface area contributed by atoms with Crippen LogP contribution < -0.4 is 0 Å². The molecule has 1 aliphatic rings. The molecule has 2 aromatic carbocycles. The van der Waals surface area contributed by atoms with Crippen molar-refractivity contribution in [3.63, 3.8) is 0 Å². The van der Waals surface area contributed by atoms with Gasteiger partial charge >= 0.3 is 5.97 Å². The molecule has 0 spiro atoms. The van der Waals surface area contributed by atoms with Gasteiger partial charge in [-0.05, 0) is 54.0 Å². The predicted molar refractivity (Wildman–Crippen MR) is 118 cm³/mol. The van der Waals surface area contributed by atoms with E-state index in [0.717, 1.165) is 23.1 Å². The van der Waals surface area contributed by atoms with Gasteiger partial charge in [0.1, 0.15) is 5.78 Å². The second-order valence-electron chi connectivity index (χ2n) is 8.23. The summed E-state index contributed by atoms with van der Waals surface area (Å²) in [7, 11) is 0. The van der Waals surface area contributed by atoms with E-state index >= 15 is 0 Å². The normalized spacial score (nSPS) is 19.7. The van der Waals surface area contributed by atoms with Crippen LogP contribution in [0.15, 0.2) is 60.7 Å². The van der Waals surface area contributed by atoms with Gasteiger partial charge in [0.15, 0.2) is 0 Å². The molecule has 164 valence electrons. The highest BCUT2D eigenvalue weighted by molar-refractivity contribution is 5.87. The van der Waals surface area contributed by atoms with Crippen molar-refractivity contribution in [2.45, 2.75) is 44.6 Å². The molecule has 3 atom stereocenters. The number of aliphatic hydroxyl groups excluding tert-OH is 1. The van der Waals surface area contributed by atoms with Crippen LogP contribution in [0.25, 0.3) is 0 Å². The average Bonchev–Trinajstić information content (AvgIpc) is 3.11. The van der Waals surface area contributed by atoms with Gasteiger partial charge in [-0.2, -0.15) is 0 Å². The first-order valence-electron chi connectivity index (χ1n) is 10.8. The Morgan fingerprint density at radius 3 is 2.55 bits per heavy atom. The highest BCUT2D eigenvalue weighted by Gasteiger charge is 2.32. The summed E-state index contributed by atoms with van der Waals surface area (Å²) in [6, 6.07) is 14.4. The molecule has 0 heterocycles. The zero-order valence-electron chi connectivity index (χ0n) is 17.5. The molecule has 2 N–H and O–H groups in total. The van der Waals surface area contributed by atoms with Gasteiger partial charge in [-0.1, -0.05) is 48.6 Å². The first-order valence-corrected chi connectivity index (χ1v) is 10.8. The highest BCUT2D eigenvalue weighted by Crippen LogP contribution is 2.33. The number of hydrogen-bond donors (Lipinski definition) is 2. The zero-order valence-corrected chi connectivity index (χ0v) is 17.5. The van der Waals surface area contributed by atoms with E-state index in [-0.39, 0.29) is 23.2 Å². The fraction of sp³-hybridized carbons (Fsp3) is 0.385. The van der Waals surface area contributed by atoms with Crippen LogP contribution in [0.4, 0.5) is 4.39 Å². The van der Waals surface area contributed by atoms with Crippen molar-refractivity contribution in [2.75, 3.05) is 6.67 Å². The Kier molecular flexibility index (Phi) is 8.13. The van der Waals surface area contributed by atoms with Crippen molar-refractivity contribution in [2.24, 2.45) is 11.8 Å². The van der Waals surface area contributed by atoms with Gasteiger partial charge in [0, 0.05) is 25.2 Å². The largest absolute Gasteiger partial charge is 0.478 e. The molecule has 1 unspecified atom stereocenters. The number of carbonyl (C=O) groups excluding carboxylic acids is 1. The quantitative estimate of drug-likeness (QED) is 0.548. The number of aliphatic hydroxyl groups is 1. The van der Waals surface area contributed by atoms with E-state index in [9.17, 15) is 19.1 Å². The maximum absolute atomic E-state index is 12.5. The number of alkyl halides is 1. The average molecular weight is 425 g/mol. The molecule has 1 fully saturated rings. The Hall–Kier alpha value is -2.79. The summed E-state index contributed by atoms with van der Waals surface area (Å²) < 4.78 is 12.5. The van der Waals surface area contributed by atoms with Crippen molar-refractivity contribution < 1.29 is 24.2 Å². The number of allylic oxidation sites excluding steroid dienone is 1. The number of aromatic carboxylic acids is 1. The Labute approximate surface area is 182 Å². The number of Topliss-reactive ketones (excluding diaryl/α,β-unsaturated/α-hetero) is 1. The van der Waals surface area contributed by atoms with E-state index in [1.165, 1.54) is 0 Å². The summed E-state index contributed by atoms with van der Waals surface area (Å²) in [5.74, 6) is -0.658. The number of carboxylic acid groups (broad SMARTS) is 1. The molecule has 0 aliphatic heterocycles. The third kappa shape index (κ3) is 6.59. The summed E-state index contributed by atoms with van der Waals surface area (Å²) in [6.45, 7) is -0.396. The fourth-order valence-corrected chi connectivity index (χ4v) is 4.28. The van der Waals surface area contributed by atoms with Gasteiger partial charge in [-0.3, -0.25) is 9.18 Å². The number of carboxylic acids is 1. The second-order valence-corrected chi connectivity index (χ2v) is 8.23. The van der Waals surface area contributed by atoms with Crippen LogP contribution in [0.1, 0.15) is 46.3 Å². The molecule has 2 aromatic rings. The summed E-state index contributed by atoms with van der Waals surface area (Å²) in [5, 5.41) is 19.4. The molecule has 0 radical (unpaired) electrons. The number of ketones is 1. The van der Waals surface area contributed by atoms with Crippen LogP contribution in [0, 0.1) is 11.8 Å². The number of halogens is 1. The maximum atomic E-state index is 12.5. The second kappa shape index (κ2) is 11.0. The summed E-state index contributed by atoms with van der Waals surface area (Å²) in [6.07, 6.45) is 6.70. The third-order valence-electron chi connectivity index (χ3n) is 6.00. The molecule has 0 saturated heterocycles. The van der Waals surface area contributed by atoms with Crippen molar-refractivity contribution in [3.8, 4) is 0 Å². The molecule has 0 bridgehead atoms. The van der Waals surface area contributed by atoms with Crippen molar-refractivity contribution in [3.05, 3.63) is 82.9 Å². The Morgan fingerprint density at radius 2 is 1.84 bits per heavy atom. The van der Waals surface area contributed by atoms with E-state index in [1.807, 2.05) is 30.3 Å². The number of aryl methyl sites for hydroxylation is 2. The topological polar surface area (TPSA) is 74.6 Å². The highest BCUT2D eigenvalue weighted by atomic mass is 19.1. The van der Waals surface area contributed by atoms with Gasteiger partial charge in [0.2, 0.25) is 0 Å². The summed E-state index contributed by atoms with van der Waals surface area (Å²) in [5.41, 5.74) is 3.16. The number of hydrogen-bond acceptors (Lipinski definition) is 3. The van der Waals surface area contributed by atoms with Crippen LogP contribution in [0.2, 0.25) is 0 Å². The molecule has 0 aromatic heterocycles. The SMILES string of the molecule is O=C(O)c1ccc(CC[C@H]2C(=O)CCC2/C=C/[C@@H](O)Cc2cccc(CCF)c2)cc1. The Morgan fingerprint density at radius 1 is 1.10 bits per heavy atom. The van der Waals surface area contributed by atoms with Crippen LogP contribution in [-0.2, 0) is 24.1 Å². The van der Waals surface area contributed by atoms with Gasteiger partial charge in [0.25, 0.3) is 0 Å².